The molecule has 31 heavy (non-hydrogen) atoms. The second-order valence-corrected chi connectivity index (χ2v) is 9.88. The minimum absolute atomic E-state index is 0.0140. The van der Waals surface area contributed by atoms with Gasteiger partial charge in [0.25, 0.3) is 5.91 Å². The molecule has 0 radical (unpaired) electrons. The van der Waals surface area contributed by atoms with Gasteiger partial charge in [0.15, 0.2) is 6.29 Å². The molecule has 3 aromatic rings. The van der Waals surface area contributed by atoms with Gasteiger partial charge in [0, 0.05) is 27.3 Å². The quantitative estimate of drug-likeness (QED) is 0.481. The van der Waals surface area contributed by atoms with E-state index in [-0.39, 0.29) is 17.9 Å². The van der Waals surface area contributed by atoms with E-state index in [2.05, 4.69) is 36.5 Å². The van der Waals surface area contributed by atoms with Crippen molar-refractivity contribution in [3.63, 3.8) is 0 Å². The third-order valence-corrected chi connectivity index (χ3v) is 7.39. The Morgan fingerprint density at radius 2 is 1.77 bits per heavy atom. The Morgan fingerprint density at radius 3 is 2.39 bits per heavy atom. The lowest BCUT2D eigenvalue weighted by Crippen LogP contribution is -2.39. The van der Waals surface area contributed by atoms with Crippen LogP contribution in [0.3, 0.4) is 0 Å². The maximum absolute atomic E-state index is 13.2. The maximum atomic E-state index is 13.2. The van der Waals surface area contributed by atoms with Gasteiger partial charge in [-0.3, -0.25) is 4.79 Å². The number of amides is 1. The van der Waals surface area contributed by atoms with Crippen molar-refractivity contribution in [1.29, 1.82) is 0 Å². The average molecular weight is 440 g/mol. The highest BCUT2D eigenvalue weighted by molar-refractivity contribution is 7.12. The lowest BCUT2D eigenvalue weighted by atomic mass is 9.85. The number of hydrogen-bond acceptors (Lipinski definition) is 5. The Kier molecular flexibility index (Phi) is 6.60. The number of aryl methyl sites for hydroxylation is 2. The summed E-state index contributed by atoms with van der Waals surface area (Å²) < 4.78 is 5.17. The molecule has 1 fully saturated rings. The molecule has 0 aliphatic heterocycles. The molecular formula is C25H29NO4S. The first-order valence-electron chi connectivity index (χ1n) is 10.8. The van der Waals surface area contributed by atoms with Crippen molar-refractivity contribution in [2.24, 2.45) is 5.92 Å². The van der Waals surface area contributed by atoms with Crippen molar-refractivity contribution in [2.75, 3.05) is 0 Å². The number of rotatable bonds is 6. The van der Waals surface area contributed by atoms with Gasteiger partial charge in [-0.05, 0) is 68.7 Å². The third-order valence-electron chi connectivity index (χ3n) is 6.33. The molecule has 0 bridgehead atoms. The van der Waals surface area contributed by atoms with Crippen LogP contribution < -0.4 is 5.32 Å². The number of nitrogens with one attached hydrogen (secondary N) is 1. The Balaban J connectivity index is 1.47. The van der Waals surface area contributed by atoms with Crippen LogP contribution in [0.25, 0.3) is 11.1 Å². The van der Waals surface area contributed by atoms with E-state index in [0.717, 1.165) is 52.8 Å². The highest BCUT2D eigenvalue weighted by Gasteiger charge is 2.28. The first kappa shape index (κ1) is 21.8. The lowest BCUT2D eigenvalue weighted by molar-refractivity contribution is -0.0939. The van der Waals surface area contributed by atoms with E-state index in [9.17, 15) is 15.0 Å². The smallest absolute Gasteiger partial charge is 0.252 e. The van der Waals surface area contributed by atoms with Crippen molar-refractivity contribution in [3.05, 3.63) is 69.3 Å². The summed E-state index contributed by atoms with van der Waals surface area (Å²) in [6, 6.07) is 10.4. The molecule has 6 heteroatoms. The van der Waals surface area contributed by atoms with Crippen LogP contribution in [0.5, 0.6) is 0 Å². The van der Waals surface area contributed by atoms with Gasteiger partial charge < -0.3 is 19.9 Å². The van der Waals surface area contributed by atoms with Crippen LogP contribution in [0.2, 0.25) is 0 Å². The van der Waals surface area contributed by atoms with Crippen molar-refractivity contribution < 1.29 is 19.4 Å². The molecule has 0 saturated heterocycles. The fourth-order valence-corrected chi connectivity index (χ4v) is 5.58. The number of aliphatic hydroxyl groups excluding tert-OH is 1. The molecule has 0 unspecified atom stereocenters. The summed E-state index contributed by atoms with van der Waals surface area (Å²) in [6.07, 6.45) is 5.86. The fraction of sp³-hybridized carbons (Fsp3) is 0.400. The molecule has 1 aliphatic rings. The zero-order valence-electron chi connectivity index (χ0n) is 17.9. The molecule has 164 valence electrons. The predicted octanol–water partition coefficient (Wildman–Crippen LogP) is 4.82. The predicted molar refractivity (Wildman–Crippen MR) is 122 cm³/mol. The van der Waals surface area contributed by atoms with Gasteiger partial charge in [0.2, 0.25) is 0 Å². The van der Waals surface area contributed by atoms with Gasteiger partial charge in [-0.2, -0.15) is 0 Å². The highest BCUT2D eigenvalue weighted by Crippen LogP contribution is 2.31. The Morgan fingerprint density at radius 1 is 1.06 bits per heavy atom. The Bertz CT molecular complexity index is 1010. The normalized spacial score (nSPS) is 19.0. The second kappa shape index (κ2) is 9.39. The first-order valence-corrected chi connectivity index (χ1v) is 11.6. The van der Waals surface area contributed by atoms with Crippen LogP contribution >= 0.6 is 11.3 Å². The molecule has 1 saturated carbocycles. The maximum Gasteiger partial charge on any atom is 0.252 e. The Hall–Kier alpha value is -2.41. The van der Waals surface area contributed by atoms with Crippen molar-refractivity contribution in [1.82, 2.24) is 5.32 Å². The van der Waals surface area contributed by atoms with E-state index < -0.39 is 6.29 Å². The standard InChI is InChI=1S/C25H29NO4S/c1-15-22(13-17-3-5-18(6-4-17)20-11-12-30-14-20)23(16(2)31-15)24(27)26-21-9-7-19(8-10-21)25(28)29/h3-6,11-12,14,19,21,25,28-29H,7-10,13H2,1-2H3,(H,26,27). The number of carbonyl (C=O) groups excluding carboxylic acids is 1. The van der Waals surface area contributed by atoms with E-state index in [1.54, 1.807) is 23.9 Å². The molecule has 0 spiro atoms. The highest BCUT2D eigenvalue weighted by atomic mass is 32.1. The molecular weight excluding hydrogens is 410 g/mol. The Labute approximate surface area is 186 Å². The van der Waals surface area contributed by atoms with E-state index in [1.807, 2.05) is 13.0 Å². The van der Waals surface area contributed by atoms with Crippen molar-refractivity contribution in [3.8, 4) is 11.1 Å². The fourth-order valence-electron chi connectivity index (χ4n) is 4.51. The molecule has 2 heterocycles. The summed E-state index contributed by atoms with van der Waals surface area (Å²) in [5.41, 5.74) is 5.22. The zero-order chi connectivity index (χ0) is 22.0. The van der Waals surface area contributed by atoms with Gasteiger partial charge in [0.05, 0.1) is 18.1 Å². The largest absolute Gasteiger partial charge is 0.472 e. The van der Waals surface area contributed by atoms with Crippen LogP contribution in [-0.2, 0) is 6.42 Å². The number of carbonyl (C=O) groups is 1. The number of aliphatic hydroxyl groups is 2. The number of furan rings is 1. The SMILES string of the molecule is Cc1sc(C)c(C(=O)NC2CCC(C(O)O)CC2)c1Cc1ccc(-c2ccoc2)cc1. The number of benzene rings is 1. The molecule has 1 amide bonds. The number of hydrogen-bond donors (Lipinski definition) is 3. The minimum atomic E-state index is -1.26. The van der Waals surface area contributed by atoms with Crippen LogP contribution in [0.15, 0.2) is 47.3 Å². The van der Waals surface area contributed by atoms with E-state index in [4.69, 9.17) is 4.42 Å². The molecule has 3 N–H and O–H groups in total. The summed E-state index contributed by atoms with van der Waals surface area (Å²) in [5, 5.41) is 21.9. The monoisotopic (exact) mass is 439 g/mol. The van der Waals surface area contributed by atoms with Gasteiger partial charge >= 0.3 is 0 Å². The first-order chi connectivity index (χ1) is 14.9. The summed E-state index contributed by atoms with van der Waals surface area (Å²) in [4.78, 5) is 15.4. The van der Waals surface area contributed by atoms with Crippen LogP contribution in [0, 0.1) is 19.8 Å². The summed E-state index contributed by atoms with van der Waals surface area (Å²) in [7, 11) is 0. The molecule has 1 aliphatic carbocycles. The minimum Gasteiger partial charge on any atom is -0.472 e. The van der Waals surface area contributed by atoms with Crippen LogP contribution in [0.4, 0.5) is 0 Å². The molecule has 5 nitrogen and oxygen atoms in total. The lowest BCUT2D eigenvalue weighted by Gasteiger charge is -2.30. The van der Waals surface area contributed by atoms with Gasteiger partial charge in [0.1, 0.15) is 0 Å². The van der Waals surface area contributed by atoms with Gasteiger partial charge in [-0.25, -0.2) is 0 Å². The number of thiophene rings is 1. The van der Waals surface area contributed by atoms with Gasteiger partial charge in [-0.15, -0.1) is 11.3 Å². The molecule has 1 aromatic carbocycles. The second-order valence-electron chi connectivity index (χ2n) is 8.45. The van der Waals surface area contributed by atoms with Crippen molar-refractivity contribution >= 4 is 17.2 Å². The molecule has 2 aromatic heterocycles. The summed E-state index contributed by atoms with van der Waals surface area (Å²) >= 11 is 1.67. The topological polar surface area (TPSA) is 82.7 Å². The van der Waals surface area contributed by atoms with E-state index in [0.29, 0.717) is 6.42 Å². The molecule has 4 rings (SSSR count). The average Bonchev–Trinajstić information content (AvgIpc) is 3.37. The van der Waals surface area contributed by atoms with Crippen LogP contribution in [0.1, 0.15) is 56.9 Å². The zero-order valence-corrected chi connectivity index (χ0v) is 18.7. The summed E-state index contributed by atoms with van der Waals surface area (Å²) in [6.45, 7) is 4.09. The molecule has 0 atom stereocenters. The van der Waals surface area contributed by atoms with E-state index in [1.165, 1.54) is 10.4 Å². The van der Waals surface area contributed by atoms with Gasteiger partial charge in [-0.1, -0.05) is 24.3 Å². The van der Waals surface area contributed by atoms with E-state index >= 15 is 0 Å². The summed E-state index contributed by atoms with van der Waals surface area (Å²) in [5.74, 6) is -0.0984. The third kappa shape index (κ3) is 4.92. The van der Waals surface area contributed by atoms with Crippen LogP contribution in [-0.4, -0.2) is 28.5 Å². The van der Waals surface area contributed by atoms with Crippen molar-refractivity contribution in [2.45, 2.75) is 58.3 Å².